The number of aromatic nitrogens is 1. The molecule has 0 saturated heterocycles. The van der Waals surface area contributed by atoms with Crippen LogP contribution in [0.3, 0.4) is 0 Å². The van der Waals surface area contributed by atoms with Crippen molar-refractivity contribution in [2.75, 3.05) is 0 Å². The highest BCUT2D eigenvalue weighted by Crippen LogP contribution is 2.32. The Kier molecular flexibility index (Phi) is 2.48. The van der Waals surface area contributed by atoms with E-state index >= 15 is 0 Å². The SMILES string of the molecule is Oc1cc(F)ccc1-c1cc2cc(F)cc(F)c2[nH]1. The predicted octanol–water partition coefficient (Wildman–Crippen LogP) is 3.96. The van der Waals surface area contributed by atoms with Gasteiger partial charge >= 0.3 is 0 Å². The van der Waals surface area contributed by atoms with Gasteiger partial charge in [-0.1, -0.05) is 0 Å². The maximum absolute atomic E-state index is 13.5. The summed E-state index contributed by atoms with van der Waals surface area (Å²) in [5.74, 6) is -2.25. The van der Waals surface area contributed by atoms with Gasteiger partial charge in [0.1, 0.15) is 23.2 Å². The van der Waals surface area contributed by atoms with E-state index in [0.29, 0.717) is 16.6 Å². The average molecular weight is 263 g/mol. The molecular weight excluding hydrogens is 255 g/mol. The molecule has 0 bridgehead atoms. The summed E-state index contributed by atoms with van der Waals surface area (Å²) >= 11 is 0. The van der Waals surface area contributed by atoms with Gasteiger partial charge in [0, 0.05) is 23.1 Å². The fraction of sp³-hybridized carbons (Fsp3) is 0. The summed E-state index contributed by atoms with van der Waals surface area (Å²) in [6.07, 6.45) is 0. The van der Waals surface area contributed by atoms with Crippen LogP contribution < -0.4 is 0 Å². The molecule has 2 N–H and O–H groups in total. The first kappa shape index (κ1) is 11.6. The fourth-order valence-electron chi connectivity index (χ4n) is 2.04. The maximum atomic E-state index is 13.5. The van der Waals surface area contributed by atoms with Gasteiger partial charge in [0.25, 0.3) is 0 Å². The quantitative estimate of drug-likeness (QED) is 0.685. The van der Waals surface area contributed by atoms with Gasteiger partial charge in [0.2, 0.25) is 0 Å². The Hall–Kier alpha value is -2.43. The van der Waals surface area contributed by atoms with Gasteiger partial charge in [-0.3, -0.25) is 0 Å². The lowest BCUT2D eigenvalue weighted by molar-refractivity contribution is 0.471. The highest BCUT2D eigenvalue weighted by atomic mass is 19.1. The Bertz CT molecular complexity index is 780. The average Bonchev–Trinajstić information content (AvgIpc) is 2.72. The first-order chi connectivity index (χ1) is 9.04. The molecule has 19 heavy (non-hydrogen) atoms. The van der Waals surface area contributed by atoms with E-state index in [9.17, 15) is 18.3 Å². The van der Waals surface area contributed by atoms with E-state index in [0.717, 1.165) is 12.1 Å². The van der Waals surface area contributed by atoms with Crippen LogP contribution in [0.1, 0.15) is 0 Å². The number of hydrogen-bond acceptors (Lipinski definition) is 1. The lowest BCUT2D eigenvalue weighted by Gasteiger charge is -2.01. The lowest BCUT2D eigenvalue weighted by atomic mass is 10.1. The molecule has 0 aliphatic rings. The standard InChI is InChI=1S/C14H8F3NO/c15-8-1-2-10(13(19)6-8)12-4-7-3-9(16)5-11(17)14(7)18-12/h1-6,18-19H. The van der Waals surface area contributed by atoms with Crippen LogP contribution in [0.2, 0.25) is 0 Å². The highest BCUT2D eigenvalue weighted by Gasteiger charge is 2.12. The molecule has 3 rings (SSSR count). The smallest absolute Gasteiger partial charge is 0.150 e. The molecule has 0 saturated carbocycles. The summed E-state index contributed by atoms with van der Waals surface area (Å²) in [7, 11) is 0. The molecule has 0 spiro atoms. The molecule has 0 fully saturated rings. The molecular formula is C14H8F3NO. The molecule has 0 radical (unpaired) electrons. The van der Waals surface area contributed by atoms with Gasteiger partial charge in [-0.25, -0.2) is 13.2 Å². The largest absolute Gasteiger partial charge is 0.507 e. The minimum absolute atomic E-state index is 0.139. The molecule has 1 heterocycles. The van der Waals surface area contributed by atoms with Crippen LogP contribution in [0.25, 0.3) is 22.2 Å². The summed E-state index contributed by atoms with van der Waals surface area (Å²) in [4.78, 5) is 2.74. The van der Waals surface area contributed by atoms with Gasteiger partial charge < -0.3 is 10.1 Å². The van der Waals surface area contributed by atoms with E-state index in [2.05, 4.69) is 4.98 Å². The highest BCUT2D eigenvalue weighted by molar-refractivity contribution is 5.87. The van der Waals surface area contributed by atoms with Gasteiger partial charge in [-0.05, 0) is 24.3 Å². The Balaban J connectivity index is 2.23. The van der Waals surface area contributed by atoms with Crippen molar-refractivity contribution in [1.29, 1.82) is 0 Å². The number of benzene rings is 2. The second-order valence-electron chi connectivity index (χ2n) is 4.20. The van der Waals surface area contributed by atoms with Gasteiger partial charge in [-0.15, -0.1) is 0 Å². The third-order valence-electron chi connectivity index (χ3n) is 2.89. The first-order valence-electron chi connectivity index (χ1n) is 5.51. The Morgan fingerprint density at radius 3 is 2.42 bits per heavy atom. The number of aromatic amines is 1. The molecule has 0 atom stereocenters. The second kappa shape index (κ2) is 4.05. The van der Waals surface area contributed by atoms with Crippen LogP contribution in [0.5, 0.6) is 5.75 Å². The number of H-pyrrole nitrogens is 1. The summed E-state index contributed by atoms with van der Waals surface area (Å²) in [5, 5.41) is 10.0. The Labute approximate surface area is 106 Å². The van der Waals surface area contributed by atoms with E-state index in [1.807, 2.05) is 0 Å². The van der Waals surface area contributed by atoms with Crippen LogP contribution in [0.15, 0.2) is 36.4 Å². The van der Waals surface area contributed by atoms with Crippen molar-refractivity contribution in [2.45, 2.75) is 0 Å². The summed E-state index contributed by atoms with van der Waals surface area (Å²) in [6.45, 7) is 0. The number of nitrogens with one attached hydrogen (secondary N) is 1. The molecule has 5 heteroatoms. The molecule has 0 aliphatic heterocycles. The fourth-order valence-corrected chi connectivity index (χ4v) is 2.04. The number of rotatable bonds is 1. The van der Waals surface area contributed by atoms with E-state index < -0.39 is 17.5 Å². The third kappa shape index (κ3) is 1.93. The third-order valence-corrected chi connectivity index (χ3v) is 2.89. The minimum atomic E-state index is -0.720. The van der Waals surface area contributed by atoms with Crippen molar-refractivity contribution in [3.63, 3.8) is 0 Å². The molecule has 0 aliphatic carbocycles. The molecule has 2 nitrogen and oxygen atoms in total. The number of fused-ring (bicyclic) bond motifs is 1. The van der Waals surface area contributed by atoms with Crippen molar-refractivity contribution in [1.82, 2.24) is 4.98 Å². The van der Waals surface area contributed by atoms with E-state index in [1.54, 1.807) is 0 Å². The zero-order valence-corrected chi connectivity index (χ0v) is 9.55. The predicted molar refractivity (Wildman–Crippen MR) is 65.3 cm³/mol. The van der Waals surface area contributed by atoms with Crippen molar-refractivity contribution in [2.24, 2.45) is 0 Å². The maximum Gasteiger partial charge on any atom is 0.150 e. The van der Waals surface area contributed by atoms with Crippen LogP contribution in [0, 0.1) is 17.5 Å². The topological polar surface area (TPSA) is 36.0 Å². The molecule has 96 valence electrons. The van der Waals surface area contributed by atoms with Crippen molar-refractivity contribution in [3.05, 3.63) is 53.8 Å². The van der Waals surface area contributed by atoms with E-state index in [4.69, 9.17) is 0 Å². The van der Waals surface area contributed by atoms with Gasteiger partial charge in [-0.2, -0.15) is 0 Å². The summed E-state index contributed by atoms with van der Waals surface area (Å²) < 4.78 is 39.5. The number of hydrogen-bond donors (Lipinski definition) is 2. The van der Waals surface area contributed by atoms with Crippen LogP contribution in [-0.4, -0.2) is 10.1 Å². The minimum Gasteiger partial charge on any atom is -0.507 e. The van der Waals surface area contributed by atoms with E-state index in [-0.39, 0.29) is 11.3 Å². The Morgan fingerprint density at radius 1 is 0.895 bits per heavy atom. The monoisotopic (exact) mass is 263 g/mol. The molecule has 0 amide bonds. The number of phenols is 1. The molecule has 0 unspecified atom stereocenters. The van der Waals surface area contributed by atoms with Crippen LogP contribution in [-0.2, 0) is 0 Å². The van der Waals surface area contributed by atoms with Crippen LogP contribution >= 0.6 is 0 Å². The zero-order valence-electron chi connectivity index (χ0n) is 9.55. The van der Waals surface area contributed by atoms with Crippen molar-refractivity contribution in [3.8, 4) is 17.0 Å². The number of halogens is 3. The molecule has 3 aromatic rings. The number of aromatic hydroxyl groups is 1. The Morgan fingerprint density at radius 2 is 1.68 bits per heavy atom. The second-order valence-corrected chi connectivity index (χ2v) is 4.20. The normalized spacial score (nSPS) is 11.1. The number of phenolic OH excluding ortho intramolecular Hbond substituents is 1. The van der Waals surface area contributed by atoms with Crippen molar-refractivity contribution >= 4 is 10.9 Å². The summed E-state index contributed by atoms with van der Waals surface area (Å²) in [5.41, 5.74) is 0.842. The first-order valence-corrected chi connectivity index (χ1v) is 5.51. The van der Waals surface area contributed by atoms with Gasteiger partial charge in [0.05, 0.1) is 11.2 Å². The van der Waals surface area contributed by atoms with E-state index in [1.165, 1.54) is 24.3 Å². The van der Waals surface area contributed by atoms with Crippen molar-refractivity contribution < 1.29 is 18.3 Å². The zero-order chi connectivity index (χ0) is 13.6. The summed E-state index contributed by atoms with van der Waals surface area (Å²) in [6, 6.07) is 6.94. The lowest BCUT2D eigenvalue weighted by Crippen LogP contribution is -1.82. The molecule has 1 aromatic heterocycles. The van der Waals surface area contributed by atoms with Crippen LogP contribution in [0.4, 0.5) is 13.2 Å². The molecule has 2 aromatic carbocycles. The van der Waals surface area contributed by atoms with Gasteiger partial charge in [0.15, 0.2) is 0 Å².